The highest BCUT2D eigenvalue weighted by Crippen LogP contribution is 2.40. The molecule has 172 valence electrons. The van der Waals surface area contributed by atoms with Gasteiger partial charge >= 0.3 is 5.69 Å². The Hall–Kier alpha value is -3.57. The van der Waals surface area contributed by atoms with E-state index >= 15 is 0 Å². The normalized spacial score (nSPS) is 13.2. The molecular weight excluding hydrogens is 444 g/mol. The lowest BCUT2D eigenvalue weighted by atomic mass is 10.2. The van der Waals surface area contributed by atoms with Crippen LogP contribution in [0.15, 0.2) is 59.8 Å². The summed E-state index contributed by atoms with van der Waals surface area (Å²) in [5.74, 6) is 0.247. The molecule has 0 amide bonds. The largest absolute Gasteiger partial charge is 0.354 e. The SMILES string of the molecule is CCN(CC)S(=O)(=O)c1ccc(Nc2ncnc(N3CCc4ccccc43)c2[N+](=O)[O-])cc1. The lowest BCUT2D eigenvalue weighted by molar-refractivity contribution is -0.383. The summed E-state index contributed by atoms with van der Waals surface area (Å²) in [6, 6.07) is 13.8. The predicted octanol–water partition coefficient (Wildman–Crippen LogP) is 3.85. The summed E-state index contributed by atoms with van der Waals surface area (Å²) in [6.45, 7) is 4.88. The molecule has 10 nitrogen and oxygen atoms in total. The van der Waals surface area contributed by atoms with E-state index in [4.69, 9.17) is 0 Å². The van der Waals surface area contributed by atoms with Crippen LogP contribution in [0.4, 0.5) is 28.7 Å². The van der Waals surface area contributed by atoms with Crippen molar-refractivity contribution in [3.8, 4) is 0 Å². The zero-order valence-corrected chi connectivity index (χ0v) is 19.1. The Bertz CT molecular complexity index is 1280. The zero-order valence-electron chi connectivity index (χ0n) is 18.3. The molecule has 0 saturated heterocycles. The summed E-state index contributed by atoms with van der Waals surface area (Å²) >= 11 is 0. The molecule has 4 rings (SSSR count). The first-order valence-electron chi connectivity index (χ1n) is 10.6. The van der Waals surface area contributed by atoms with Crippen molar-refractivity contribution >= 4 is 38.7 Å². The molecule has 0 fully saturated rings. The van der Waals surface area contributed by atoms with E-state index in [1.54, 1.807) is 26.0 Å². The highest BCUT2D eigenvalue weighted by atomic mass is 32.2. The number of hydrogen-bond acceptors (Lipinski definition) is 8. The molecular formula is C22H24N6O4S. The fraction of sp³-hybridized carbons (Fsp3) is 0.273. The lowest BCUT2D eigenvalue weighted by Gasteiger charge is -2.19. The Morgan fingerprint density at radius 3 is 2.45 bits per heavy atom. The van der Waals surface area contributed by atoms with E-state index in [9.17, 15) is 18.5 Å². The van der Waals surface area contributed by atoms with E-state index < -0.39 is 14.9 Å². The number of rotatable bonds is 8. The highest BCUT2D eigenvalue weighted by molar-refractivity contribution is 7.89. The van der Waals surface area contributed by atoms with Gasteiger partial charge in [-0.15, -0.1) is 0 Å². The van der Waals surface area contributed by atoms with Crippen LogP contribution in [0.5, 0.6) is 0 Å². The third-order valence-electron chi connectivity index (χ3n) is 5.59. The van der Waals surface area contributed by atoms with E-state index in [-0.39, 0.29) is 22.2 Å². The minimum atomic E-state index is -3.59. The van der Waals surface area contributed by atoms with Crippen LogP contribution in [0.25, 0.3) is 0 Å². The number of para-hydroxylation sites is 1. The van der Waals surface area contributed by atoms with Gasteiger partial charge in [0.25, 0.3) is 0 Å². The van der Waals surface area contributed by atoms with E-state index in [0.717, 1.165) is 17.7 Å². The number of anilines is 4. The van der Waals surface area contributed by atoms with Crippen molar-refractivity contribution in [3.63, 3.8) is 0 Å². The second-order valence-electron chi connectivity index (χ2n) is 7.42. The number of nitrogens with one attached hydrogen (secondary N) is 1. The molecule has 1 aromatic heterocycles. The second-order valence-corrected chi connectivity index (χ2v) is 9.36. The van der Waals surface area contributed by atoms with Crippen molar-refractivity contribution in [2.75, 3.05) is 29.9 Å². The van der Waals surface area contributed by atoms with Crippen molar-refractivity contribution in [2.45, 2.75) is 25.2 Å². The Morgan fingerprint density at radius 2 is 1.79 bits per heavy atom. The summed E-state index contributed by atoms with van der Waals surface area (Å²) in [4.78, 5) is 21.8. The maximum atomic E-state index is 12.7. The summed E-state index contributed by atoms with van der Waals surface area (Å²) in [5, 5.41) is 15.0. The molecule has 0 spiro atoms. The summed E-state index contributed by atoms with van der Waals surface area (Å²) in [7, 11) is -3.59. The number of hydrogen-bond donors (Lipinski definition) is 1. The molecule has 11 heteroatoms. The van der Waals surface area contributed by atoms with Gasteiger partial charge in [-0.2, -0.15) is 4.31 Å². The number of fused-ring (bicyclic) bond motifs is 1. The smallest absolute Gasteiger partial charge is 0.334 e. The fourth-order valence-electron chi connectivity index (χ4n) is 3.94. The Balaban J connectivity index is 1.66. The van der Waals surface area contributed by atoms with Gasteiger partial charge in [0.15, 0.2) is 0 Å². The molecule has 1 aliphatic heterocycles. The lowest BCUT2D eigenvalue weighted by Crippen LogP contribution is -2.30. The maximum absolute atomic E-state index is 12.7. The minimum absolute atomic E-state index is 0.0359. The molecule has 0 unspecified atom stereocenters. The number of nitrogens with zero attached hydrogens (tertiary/aromatic N) is 5. The summed E-state index contributed by atoms with van der Waals surface area (Å²) in [6.07, 6.45) is 2.05. The van der Waals surface area contributed by atoms with Crippen LogP contribution in [0.2, 0.25) is 0 Å². The summed E-state index contributed by atoms with van der Waals surface area (Å²) < 4.78 is 26.7. The van der Waals surface area contributed by atoms with Crippen molar-refractivity contribution in [1.82, 2.24) is 14.3 Å². The van der Waals surface area contributed by atoms with E-state index in [1.807, 2.05) is 29.2 Å². The molecule has 0 aliphatic carbocycles. The van der Waals surface area contributed by atoms with Crippen LogP contribution in [0.3, 0.4) is 0 Å². The van der Waals surface area contributed by atoms with Gasteiger partial charge < -0.3 is 10.2 Å². The van der Waals surface area contributed by atoms with E-state index in [0.29, 0.717) is 25.3 Å². The van der Waals surface area contributed by atoms with Gasteiger partial charge in [-0.05, 0) is 42.3 Å². The molecule has 0 bridgehead atoms. The number of nitro groups is 1. The molecule has 0 radical (unpaired) electrons. The first-order valence-corrected chi connectivity index (χ1v) is 12.0. The molecule has 2 aromatic carbocycles. The standard InChI is InChI=1S/C22H24N6O4S/c1-3-26(4-2)33(31,32)18-11-9-17(10-12-18)25-21-20(28(29)30)22(24-15-23-21)27-14-13-16-7-5-6-8-19(16)27/h5-12,15H,3-4,13-14H2,1-2H3,(H,23,24,25). The van der Waals surface area contributed by atoms with Gasteiger partial charge in [-0.3, -0.25) is 10.1 Å². The van der Waals surface area contributed by atoms with Crippen molar-refractivity contribution in [2.24, 2.45) is 0 Å². The average molecular weight is 469 g/mol. The molecule has 1 aliphatic rings. The van der Waals surface area contributed by atoms with Gasteiger partial charge in [0.05, 0.1) is 9.82 Å². The molecule has 1 N–H and O–H groups in total. The molecule has 2 heterocycles. The van der Waals surface area contributed by atoms with Crippen LogP contribution >= 0.6 is 0 Å². The van der Waals surface area contributed by atoms with Crippen molar-refractivity contribution in [1.29, 1.82) is 0 Å². The van der Waals surface area contributed by atoms with Crippen LogP contribution in [0.1, 0.15) is 19.4 Å². The van der Waals surface area contributed by atoms with E-state index in [2.05, 4.69) is 15.3 Å². The average Bonchev–Trinajstić information content (AvgIpc) is 3.24. The minimum Gasteiger partial charge on any atom is -0.334 e. The fourth-order valence-corrected chi connectivity index (χ4v) is 5.40. The number of sulfonamides is 1. The molecule has 0 atom stereocenters. The predicted molar refractivity (Wildman–Crippen MR) is 126 cm³/mol. The first kappa shape index (κ1) is 22.6. The van der Waals surface area contributed by atoms with Crippen LogP contribution in [0, 0.1) is 10.1 Å². The van der Waals surface area contributed by atoms with Crippen LogP contribution in [-0.2, 0) is 16.4 Å². The monoisotopic (exact) mass is 468 g/mol. The second kappa shape index (κ2) is 9.12. The highest BCUT2D eigenvalue weighted by Gasteiger charge is 2.31. The van der Waals surface area contributed by atoms with Gasteiger partial charge in [-0.25, -0.2) is 18.4 Å². The first-order chi connectivity index (χ1) is 15.9. The Labute approximate surface area is 192 Å². The van der Waals surface area contributed by atoms with Crippen molar-refractivity contribution in [3.05, 3.63) is 70.5 Å². The maximum Gasteiger partial charge on any atom is 0.354 e. The topological polar surface area (TPSA) is 122 Å². The van der Waals surface area contributed by atoms with Gasteiger partial charge in [0, 0.05) is 31.0 Å². The Morgan fingerprint density at radius 1 is 1.09 bits per heavy atom. The number of aromatic nitrogens is 2. The van der Waals surface area contributed by atoms with Crippen LogP contribution in [-0.4, -0.2) is 47.2 Å². The quantitative estimate of drug-likeness (QED) is 0.391. The van der Waals surface area contributed by atoms with Gasteiger partial charge in [0.1, 0.15) is 6.33 Å². The molecule has 0 saturated carbocycles. The van der Waals surface area contributed by atoms with Crippen LogP contribution < -0.4 is 10.2 Å². The van der Waals surface area contributed by atoms with E-state index in [1.165, 1.54) is 22.8 Å². The Kier molecular flexibility index (Phi) is 6.25. The third kappa shape index (κ3) is 4.24. The van der Waals surface area contributed by atoms with Gasteiger partial charge in [0.2, 0.25) is 21.7 Å². The zero-order chi connectivity index (χ0) is 23.6. The van der Waals surface area contributed by atoms with Gasteiger partial charge in [-0.1, -0.05) is 32.0 Å². The molecule has 33 heavy (non-hydrogen) atoms. The molecule has 3 aromatic rings. The number of benzene rings is 2. The third-order valence-corrected chi connectivity index (χ3v) is 7.65. The summed E-state index contributed by atoms with van der Waals surface area (Å²) in [5.41, 5.74) is 2.22. The van der Waals surface area contributed by atoms with Crippen molar-refractivity contribution < 1.29 is 13.3 Å².